The van der Waals surface area contributed by atoms with E-state index in [1.165, 1.54) is 11.3 Å². The number of thiazole rings is 1. The number of hydrogen-bond donors (Lipinski definition) is 1. The second-order valence-corrected chi connectivity index (χ2v) is 7.33. The Morgan fingerprint density at radius 2 is 2.17 bits per heavy atom. The van der Waals surface area contributed by atoms with Crippen LogP contribution in [0.1, 0.15) is 5.82 Å². The summed E-state index contributed by atoms with van der Waals surface area (Å²) in [5.74, 6) is 2.18. The van der Waals surface area contributed by atoms with E-state index in [0.717, 1.165) is 39.3 Å². The SMILES string of the molecule is Cn1cc(N2Cc3nncn3-c3cnc(-c4scnc4-c4ccn[nH]4)nc32)cn1. The number of nitrogens with zero attached hydrogens (tertiary/aromatic N) is 10. The molecule has 29 heavy (non-hydrogen) atoms. The molecule has 0 amide bonds. The van der Waals surface area contributed by atoms with Crippen molar-refractivity contribution in [2.75, 3.05) is 4.90 Å². The molecular weight excluding hydrogens is 390 g/mol. The fraction of sp³-hybridized carbons (Fsp3) is 0.118. The van der Waals surface area contributed by atoms with E-state index in [0.29, 0.717) is 12.4 Å². The van der Waals surface area contributed by atoms with Crippen molar-refractivity contribution in [1.82, 2.24) is 49.7 Å². The molecule has 6 rings (SSSR count). The molecule has 0 saturated carbocycles. The third-order valence-corrected chi connectivity index (χ3v) is 5.53. The van der Waals surface area contributed by atoms with Gasteiger partial charge in [-0.05, 0) is 6.07 Å². The van der Waals surface area contributed by atoms with Crippen molar-refractivity contribution in [2.45, 2.75) is 6.54 Å². The van der Waals surface area contributed by atoms with Crippen LogP contribution in [0.4, 0.5) is 11.5 Å². The van der Waals surface area contributed by atoms with Crippen LogP contribution in [0.15, 0.2) is 42.7 Å². The van der Waals surface area contributed by atoms with Crippen molar-refractivity contribution in [2.24, 2.45) is 7.05 Å². The molecule has 5 aromatic rings. The van der Waals surface area contributed by atoms with Gasteiger partial charge in [0.2, 0.25) is 0 Å². The van der Waals surface area contributed by atoms with E-state index in [4.69, 9.17) is 4.98 Å². The van der Waals surface area contributed by atoms with Crippen molar-refractivity contribution >= 4 is 22.8 Å². The van der Waals surface area contributed by atoms with E-state index in [9.17, 15) is 0 Å². The lowest BCUT2D eigenvalue weighted by Crippen LogP contribution is -2.26. The van der Waals surface area contributed by atoms with E-state index in [2.05, 4.69) is 40.4 Å². The summed E-state index contributed by atoms with van der Waals surface area (Å²) < 4.78 is 3.67. The summed E-state index contributed by atoms with van der Waals surface area (Å²) in [6, 6.07) is 1.88. The van der Waals surface area contributed by atoms with E-state index in [1.807, 2.05) is 23.9 Å². The van der Waals surface area contributed by atoms with Gasteiger partial charge in [-0.3, -0.25) is 14.3 Å². The van der Waals surface area contributed by atoms with Gasteiger partial charge in [0.05, 0.1) is 35.8 Å². The summed E-state index contributed by atoms with van der Waals surface area (Å²) in [7, 11) is 1.89. The number of aromatic nitrogens is 10. The topological polar surface area (TPSA) is 119 Å². The zero-order chi connectivity index (χ0) is 19.4. The molecule has 0 bridgehead atoms. The van der Waals surface area contributed by atoms with Gasteiger partial charge in [0.1, 0.15) is 22.6 Å². The van der Waals surface area contributed by atoms with Crippen LogP contribution < -0.4 is 4.90 Å². The van der Waals surface area contributed by atoms with Crippen LogP contribution in [0.2, 0.25) is 0 Å². The third kappa shape index (κ3) is 2.46. The predicted octanol–water partition coefficient (Wildman–Crippen LogP) is 1.96. The van der Waals surface area contributed by atoms with Crippen molar-refractivity contribution in [3.05, 3.63) is 48.5 Å². The molecule has 0 saturated heterocycles. The second-order valence-electron chi connectivity index (χ2n) is 6.48. The van der Waals surface area contributed by atoms with Gasteiger partial charge in [-0.15, -0.1) is 21.5 Å². The fourth-order valence-electron chi connectivity index (χ4n) is 3.37. The number of rotatable bonds is 3. The maximum absolute atomic E-state index is 4.91. The highest BCUT2D eigenvalue weighted by molar-refractivity contribution is 7.13. The molecule has 0 atom stereocenters. The lowest BCUT2D eigenvalue weighted by molar-refractivity contribution is 0.762. The Hall–Kier alpha value is -3.93. The van der Waals surface area contributed by atoms with Crippen LogP contribution in [0.25, 0.3) is 27.8 Å². The maximum atomic E-state index is 4.91. The largest absolute Gasteiger partial charge is 0.314 e. The molecule has 0 aliphatic carbocycles. The first-order valence-electron chi connectivity index (χ1n) is 8.74. The summed E-state index contributed by atoms with van der Waals surface area (Å²) in [4.78, 5) is 16.9. The number of anilines is 2. The highest BCUT2D eigenvalue weighted by Crippen LogP contribution is 2.38. The van der Waals surface area contributed by atoms with Gasteiger partial charge in [-0.1, -0.05) is 0 Å². The lowest BCUT2D eigenvalue weighted by atomic mass is 10.2. The predicted molar refractivity (Wildman–Crippen MR) is 105 cm³/mol. The molecule has 1 aliphatic heterocycles. The lowest BCUT2D eigenvalue weighted by Gasteiger charge is -2.28. The van der Waals surface area contributed by atoms with E-state index in [1.54, 1.807) is 35.1 Å². The van der Waals surface area contributed by atoms with E-state index < -0.39 is 0 Å². The van der Waals surface area contributed by atoms with Gasteiger partial charge in [-0.2, -0.15) is 10.2 Å². The molecule has 5 aromatic heterocycles. The molecule has 142 valence electrons. The van der Waals surface area contributed by atoms with Crippen LogP contribution >= 0.6 is 11.3 Å². The quantitative estimate of drug-likeness (QED) is 0.485. The first-order chi connectivity index (χ1) is 14.3. The van der Waals surface area contributed by atoms with Crippen molar-refractivity contribution in [1.29, 1.82) is 0 Å². The Balaban J connectivity index is 1.53. The molecule has 1 aliphatic rings. The normalized spacial score (nSPS) is 12.8. The number of aromatic amines is 1. The molecule has 0 radical (unpaired) electrons. The van der Waals surface area contributed by atoms with Gasteiger partial charge >= 0.3 is 0 Å². The first kappa shape index (κ1) is 16.1. The average molecular weight is 403 g/mol. The van der Waals surface area contributed by atoms with Gasteiger partial charge in [0.25, 0.3) is 0 Å². The zero-order valence-electron chi connectivity index (χ0n) is 15.1. The zero-order valence-corrected chi connectivity index (χ0v) is 15.9. The summed E-state index contributed by atoms with van der Waals surface area (Å²) in [5, 5.41) is 19.5. The molecule has 6 heterocycles. The van der Waals surface area contributed by atoms with Crippen LogP contribution in [0.3, 0.4) is 0 Å². The molecule has 0 unspecified atom stereocenters. The van der Waals surface area contributed by atoms with Crippen LogP contribution in [-0.2, 0) is 13.6 Å². The van der Waals surface area contributed by atoms with E-state index >= 15 is 0 Å². The molecule has 12 heteroatoms. The second kappa shape index (κ2) is 6.04. The Morgan fingerprint density at radius 1 is 1.21 bits per heavy atom. The number of aryl methyl sites for hydroxylation is 1. The summed E-state index contributed by atoms with van der Waals surface area (Å²) in [6.07, 6.45) is 8.93. The van der Waals surface area contributed by atoms with Crippen molar-refractivity contribution in [3.63, 3.8) is 0 Å². The first-order valence-corrected chi connectivity index (χ1v) is 9.62. The van der Waals surface area contributed by atoms with Gasteiger partial charge in [-0.25, -0.2) is 15.0 Å². The van der Waals surface area contributed by atoms with Gasteiger partial charge in [0, 0.05) is 19.4 Å². The smallest absolute Gasteiger partial charge is 0.174 e. The number of H-pyrrole nitrogens is 1. The number of fused-ring (bicyclic) bond motifs is 3. The Labute approximate surface area is 167 Å². The van der Waals surface area contributed by atoms with E-state index in [-0.39, 0.29) is 0 Å². The minimum Gasteiger partial charge on any atom is -0.314 e. The maximum Gasteiger partial charge on any atom is 0.174 e. The van der Waals surface area contributed by atoms with Crippen LogP contribution in [-0.4, -0.2) is 49.7 Å². The Bertz CT molecular complexity index is 1310. The third-order valence-electron chi connectivity index (χ3n) is 4.71. The molecule has 0 aromatic carbocycles. The highest BCUT2D eigenvalue weighted by atomic mass is 32.1. The monoisotopic (exact) mass is 403 g/mol. The summed E-state index contributed by atoms with van der Waals surface area (Å²) in [5.41, 5.74) is 5.13. The van der Waals surface area contributed by atoms with Crippen molar-refractivity contribution in [3.8, 4) is 27.8 Å². The number of hydrogen-bond acceptors (Lipinski definition) is 9. The minimum absolute atomic E-state index is 0.533. The standard InChI is InChI=1S/C17H13N11S/c1-26-6-10(4-22-26)27-7-13-25-21-8-28(13)12-5-18-16(23-17(12)27)15-14(19-9-29-15)11-2-3-20-24-11/h2-6,8-9H,7H2,1H3,(H,20,24). The highest BCUT2D eigenvalue weighted by Gasteiger charge is 2.28. The molecular formula is C17H13N11S. The summed E-state index contributed by atoms with van der Waals surface area (Å²) >= 11 is 1.49. The van der Waals surface area contributed by atoms with Crippen molar-refractivity contribution < 1.29 is 0 Å². The average Bonchev–Trinajstić information content (AvgIpc) is 3.53. The number of nitrogens with one attached hydrogen (secondary N) is 1. The molecule has 0 spiro atoms. The van der Waals surface area contributed by atoms with Gasteiger partial charge in [0.15, 0.2) is 17.5 Å². The molecule has 0 fully saturated rings. The van der Waals surface area contributed by atoms with Crippen LogP contribution in [0, 0.1) is 0 Å². The minimum atomic E-state index is 0.533. The fourth-order valence-corrected chi connectivity index (χ4v) is 4.12. The Kier molecular flexibility index (Phi) is 3.34. The van der Waals surface area contributed by atoms with Crippen LogP contribution in [0.5, 0.6) is 0 Å². The van der Waals surface area contributed by atoms with Gasteiger partial charge < -0.3 is 4.90 Å². The Morgan fingerprint density at radius 3 is 3.00 bits per heavy atom. The molecule has 11 nitrogen and oxygen atoms in total. The molecule has 1 N–H and O–H groups in total. The summed E-state index contributed by atoms with van der Waals surface area (Å²) in [6.45, 7) is 0.533.